The first-order valence-electron chi connectivity index (χ1n) is 4.61. The Kier molecular flexibility index (Phi) is 12.6. The van der Waals surface area contributed by atoms with Gasteiger partial charge in [0.25, 0.3) is 0 Å². The van der Waals surface area contributed by atoms with E-state index in [1.54, 1.807) is 0 Å². The second-order valence-corrected chi connectivity index (χ2v) is 4.05. The molecule has 0 bridgehead atoms. The third kappa shape index (κ3) is 7.71. The average Bonchev–Trinajstić information content (AvgIpc) is 2.04. The van der Waals surface area contributed by atoms with Crippen molar-refractivity contribution in [2.24, 2.45) is 0 Å². The topological polar surface area (TPSA) is 35.0 Å². The van der Waals surface area contributed by atoms with Crippen molar-refractivity contribution in [3.05, 3.63) is 48.6 Å². The quantitative estimate of drug-likeness (QED) is 0.605. The Morgan fingerprint density at radius 2 is 1.69 bits per heavy atom. The van der Waals surface area contributed by atoms with Crippen molar-refractivity contribution in [1.82, 2.24) is 6.15 Å². The molecule has 0 amide bonds. The van der Waals surface area contributed by atoms with Gasteiger partial charge in [0.1, 0.15) is 6.54 Å². The molecule has 4 heteroatoms. The molecule has 0 fully saturated rings. The molecule has 0 aliphatic carbocycles. The van der Waals surface area contributed by atoms with E-state index in [4.69, 9.17) is 0 Å². The second-order valence-electron chi connectivity index (χ2n) is 4.05. The number of hydrogen-bond donors (Lipinski definition) is 1. The lowest BCUT2D eigenvalue weighted by molar-refractivity contribution is -0.897. The second kappa shape index (κ2) is 9.67. The van der Waals surface area contributed by atoms with Crippen LogP contribution in [0.1, 0.15) is 5.56 Å². The third-order valence-electron chi connectivity index (χ3n) is 2.08. The maximum absolute atomic E-state index is 3.77. The van der Waals surface area contributed by atoms with Crippen LogP contribution in [0.25, 0.3) is 0 Å². The first-order chi connectivity index (χ1) is 6.14. The van der Waals surface area contributed by atoms with Crippen molar-refractivity contribution in [2.75, 3.05) is 20.6 Å². The summed E-state index contributed by atoms with van der Waals surface area (Å²) < 4.78 is 0.966. The predicted molar refractivity (Wildman–Crippen MR) is 69.6 cm³/mol. The number of nitrogens with zero attached hydrogens (tertiary/aromatic N) is 1. The first kappa shape index (κ1) is 20.8. The Labute approximate surface area is 111 Å². The van der Waals surface area contributed by atoms with Crippen molar-refractivity contribution in [1.29, 1.82) is 0 Å². The fourth-order valence-corrected chi connectivity index (χ4v) is 1.49. The predicted octanol–water partition coefficient (Wildman–Crippen LogP) is 0.0368. The highest BCUT2D eigenvalue weighted by Gasteiger charge is 2.12. The normalized spacial score (nSPS) is 9.12. The average molecular weight is 265 g/mol. The van der Waals surface area contributed by atoms with Crippen LogP contribution in [0, 0.1) is 0 Å². The van der Waals surface area contributed by atoms with Crippen LogP contribution in [0.2, 0.25) is 0 Å². The highest BCUT2D eigenvalue weighted by atomic mass is 35.5. The van der Waals surface area contributed by atoms with Crippen LogP contribution in [-0.4, -0.2) is 25.1 Å². The Hall–Kier alpha value is -0.540. The zero-order chi connectivity index (χ0) is 9.73. The van der Waals surface area contributed by atoms with Crippen LogP contribution < -0.4 is 18.6 Å². The molecule has 0 aromatic heterocycles. The molecule has 0 radical (unpaired) electrons. The zero-order valence-electron chi connectivity index (χ0n) is 10.0. The molecule has 1 rings (SSSR count). The number of likely N-dealkylation sites (N-methyl/N-ethyl adjacent to an activating group) is 1. The molecule has 0 unspecified atom stereocenters. The van der Waals surface area contributed by atoms with Crippen LogP contribution in [0.5, 0.6) is 0 Å². The summed E-state index contributed by atoms with van der Waals surface area (Å²) in [5.74, 6) is 0. The van der Waals surface area contributed by atoms with Gasteiger partial charge in [0.2, 0.25) is 0 Å². The number of hydrogen-bond acceptors (Lipinski definition) is 1. The molecule has 2 nitrogen and oxygen atoms in total. The minimum absolute atomic E-state index is 0. The molecule has 0 spiro atoms. The van der Waals surface area contributed by atoms with E-state index in [9.17, 15) is 0 Å². The van der Waals surface area contributed by atoms with Gasteiger partial charge in [-0.3, -0.25) is 0 Å². The summed E-state index contributed by atoms with van der Waals surface area (Å²) in [6.07, 6.45) is 1.98. The molecular weight excluding hydrogens is 243 g/mol. The third-order valence-corrected chi connectivity index (χ3v) is 2.08. The van der Waals surface area contributed by atoms with Gasteiger partial charge >= 0.3 is 0 Å². The zero-order valence-corrected chi connectivity index (χ0v) is 11.6. The molecule has 0 atom stereocenters. The molecule has 3 N–H and O–H groups in total. The Balaban J connectivity index is -0.000000563. The fraction of sp³-hybridized carbons (Fsp3) is 0.333. The van der Waals surface area contributed by atoms with Gasteiger partial charge in [-0.2, -0.15) is 0 Å². The van der Waals surface area contributed by atoms with E-state index in [0.29, 0.717) is 0 Å². The molecular formula is C12H22Cl2N2. The number of benzene rings is 1. The van der Waals surface area contributed by atoms with Crippen LogP contribution in [0.3, 0.4) is 0 Å². The molecule has 16 heavy (non-hydrogen) atoms. The monoisotopic (exact) mass is 264 g/mol. The molecule has 0 saturated heterocycles. The van der Waals surface area contributed by atoms with E-state index < -0.39 is 0 Å². The lowest BCUT2D eigenvalue weighted by Gasteiger charge is -2.28. The van der Waals surface area contributed by atoms with E-state index in [1.165, 1.54) is 5.56 Å². The van der Waals surface area contributed by atoms with Crippen molar-refractivity contribution < 1.29 is 16.9 Å². The van der Waals surface area contributed by atoms with Gasteiger partial charge in [0, 0.05) is 5.56 Å². The highest BCUT2D eigenvalue weighted by molar-refractivity contribution is 5.85. The Bertz CT molecular complexity index is 274. The van der Waals surface area contributed by atoms with Gasteiger partial charge in [-0.05, 0) is 6.08 Å². The molecule has 94 valence electrons. The van der Waals surface area contributed by atoms with Crippen molar-refractivity contribution in [3.8, 4) is 0 Å². The van der Waals surface area contributed by atoms with Crippen LogP contribution >= 0.6 is 12.4 Å². The van der Waals surface area contributed by atoms with Gasteiger partial charge in [-0.15, -0.1) is 12.4 Å². The minimum atomic E-state index is 0. The molecule has 0 heterocycles. The van der Waals surface area contributed by atoms with Crippen LogP contribution in [0.4, 0.5) is 0 Å². The highest BCUT2D eigenvalue weighted by Crippen LogP contribution is 2.08. The summed E-state index contributed by atoms with van der Waals surface area (Å²) in [5.41, 5.74) is 1.38. The molecule has 1 aromatic carbocycles. The van der Waals surface area contributed by atoms with E-state index in [2.05, 4.69) is 51.0 Å². The van der Waals surface area contributed by atoms with Gasteiger partial charge in [-0.25, -0.2) is 0 Å². The maximum atomic E-state index is 3.77. The van der Waals surface area contributed by atoms with E-state index in [1.807, 2.05) is 6.08 Å². The largest absolute Gasteiger partial charge is 1.00 e. The molecule has 0 saturated carbocycles. The summed E-state index contributed by atoms with van der Waals surface area (Å²) in [5, 5.41) is 0. The molecule has 1 aromatic rings. The van der Waals surface area contributed by atoms with Gasteiger partial charge in [0.15, 0.2) is 0 Å². The summed E-state index contributed by atoms with van der Waals surface area (Å²) in [7, 11) is 4.43. The summed E-state index contributed by atoms with van der Waals surface area (Å²) >= 11 is 0. The van der Waals surface area contributed by atoms with Gasteiger partial charge < -0.3 is 23.0 Å². The number of rotatable bonds is 4. The first-order valence-corrected chi connectivity index (χ1v) is 4.61. The summed E-state index contributed by atoms with van der Waals surface area (Å²) in [6, 6.07) is 10.6. The minimum Gasteiger partial charge on any atom is -1.00 e. The fourth-order valence-electron chi connectivity index (χ4n) is 1.49. The van der Waals surface area contributed by atoms with Crippen molar-refractivity contribution >= 4 is 12.4 Å². The smallest absolute Gasteiger partial charge is 0.104 e. The van der Waals surface area contributed by atoms with E-state index in [-0.39, 0.29) is 31.0 Å². The maximum Gasteiger partial charge on any atom is 0.104 e. The Morgan fingerprint density at radius 3 is 2.12 bits per heavy atom. The lowest BCUT2D eigenvalue weighted by atomic mass is 10.2. The van der Waals surface area contributed by atoms with Crippen molar-refractivity contribution in [2.45, 2.75) is 6.54 Å². The number of quaternary nitrogens is 1. The van der Waals surface area contributed by atoms with E-state index in [0.717, 1.165) is 17.6 Å². The van der Waals surface area contributed by atoms with Crippen LogP contribution in [0.15, 0.2) is 43.0 Å². The SMILES string of the molecule is C=CC[N+](C)(C)Cc1ccccc1.Cl.N.[Cl-]. The summed E-state index contributed by atoms with van der Waals surface area (Å²) in [6.45, 7) is 5.84. The Morgan fingerprint density at radius 1 is 1.19 bits per heavy atom. The van der Waals surface area contributed by atoms with Crippen molar-refractivity contribution in [3.63, 3.8) is 0 Å². The van der Waals surface area contributed by atoms with Crippen LogP contribution in [-0.2, 0) is 6.54 Å². The van der Waals surface area contributed by atoms with E-state index >= 15 is 0 Å². The van der Waals surface area contributed by atoms with Gasteiger partial charge in [-0.1, -0.05) is 36.9 Å². The molecule has 0 aliphatic heterocycles. The summed E-state index contributed by atoms with van der Waals surface area (Å²) in [4.78, 5) is 0. The lowest BCUT2D eigenvalue weighted by Crippen LogP contribution is -3.00. The van der Waals surface area contributed by atoms with Gasteiger partial charge in [0.05, 0.1) is 20.6 Å². The standard InChI is InChI=1S/C12H18N.2ClH.H3N/c1-4-10-13(2,3)11-12-8-6-5-7-9-12;;;/h4-9H,1,10-11H2,2-3H3;2*1H;1H3/q+1;;;/p-1. The molecule has 0 aliphatic rings. The number of halogens is 2.